The molecular weight excluding hydrogens is 154 g/mol. The summed E-state index contributed by atoms with van der Waals surface area (Å²) in [6.45, 7) is 4.09. The van der Waals surface area contributed by atoms with Gasteiger partial charge in [0.2, 0.25) is 0 Å². The molecule has 12 heavy (non-hydrogen) atoms. The number of aryl methyl sites for hydroxylation is 1. The van der Waals surface area contributed by atoms with Crippen LogP contribution in [-0.4, -0.2) is 20.5 Å². The Kier molecular flexibility index (Phi) is 3.19. The maximum atomic E-state index is 11.0. The first-order valence-electron chi connectivity index (χ1n) is 3.78. The van der Waals surface area contributed by atoms with Crippen molar-refractivity contribution in [1.82, 2.24) is 14.8 Å². The smallest absolute Gasteiger partial charge is 0.138 e. The SMILES string of the molecule is C=CCC(=O)CCn1cncn1. The average molecular weight is 165 g/mol. The molecule has 1 rings (SSSR count). The molecule has 0 saturated carbocycles. The zero-order chi connectivity index (χ0) is 8.81. The van der Waals surface area contributed by atoms with Crippen molar-refractivity contribution < 1.29 is 4.79 Å². The molecule has 4 nitrogen and oxygen atoms in total. The predicted octanol–water partition coefficient (Wildman–Crippen LogP) is 0.813. The van der Waals surface area contributed by atoms with Crippen molar-refractivity contribution in [3.8, 4) is 0 Å². The fourth-order valence-corrected chi connectivity index (χ4v) is 0.850. The second kappa shape index (κ2) is 4.43. The Morgan fingerprint density at radius 2 is 2.50 bits per heavy atom. The fourth-order valence-electron chi connectivity index (χ4n) is 0.850. The highest BCUT2D eigenvalue weighted by molar-refractivity contribution is 5.79. The Morgan fingerprint density at radius 3 is 3.08 bits per heavy atom. The van der Waals surface area contributed by atoms with Crippen LogP contribution >= 0.6 is 0 Å². The van der Waals surface area contributed by atoms with Gasteiger partial charge in [0.15, 0.2) is 0 Å². The van der Waals surface area contributed by atoms with Gasteiger partial charge in [-0.15, -0.1) is 6.58 Å². The molecule has 0 amide bonds. The third-order valence-electron chi connectivity index (χ3n) is 1.46. The third-order valence-corrected chi connectivity index (χ3v) is 1.46. The summed E-state index contributed by atoms with van der Waals surface area (Å²) in [7, 11) is 0. The molecule has 0 unspecified atom stereocenters. The van der Waals surface area contributed by atoms with E-state index in [4.69, 9.17) is 0 Å². The van der Waals surface area contributed by atoms with Crippen molar-refractivity contribution >= 4 is 5.78 Å². The van der Waals surface area contributed by atoms with E-state index in [2.05, 4.69) is 16.7 Å². The quantitative estimate of drug-likeness (QED) is 0.607. The van der Waals surface area contributed by atoms with Crippen molar-refractivity contribution in [3.63, 3.8) is 0 Å². The number of allylic oxidation sites excluding steroid dienone is 1. The summed E-state index contributed by atoms with van der Waals surface area (Å²) >= 11 is 0. The van der Waals surface area contributed by atoms with Gasteiger partial charge in [-0.05, 0) is 0 Å². The minimum atomic E-state index is 0.181. The van der Waals surface area contributed by atoms with Crippen LogP contribution in [0.25, 0.3) is 0 Å². The standard InChI is InChI=1S/C8H11N3O/c1-2-3-8(12)4-5-11-7-9-6-10-11/h2,6-7H,1,3-5H2. The largest absolute Gasteiger partial charge is 0.299 e. The van der Waals surface area contributed by atoms with Crippen LogP contribution in [0.4, 0.5) is 0 Å². The van der Waals surface area contributed by atoms with Gasteiger partial charge in [-0.2, -0.15) is 5.10 Å². The molecule has 0 spiro atoms. The number of nitrogens with zero attached hydrogens (tertiary/aromatic N) is 3. The lowest BCUT2D eigenvalue weighted by Crippen LogP contribution is -2.04. The van der Waals surface area contributed by atoms with Crippen LogP contribution in [0.3, 0.4) is 0 Å². The molecule has 0 aliphatic rings. The highest BCUT2D eigenvalue weighted by Crippen LogP contribution is 1.93. The van der Waals surface area contributed by atoms with Crippen LogP contribution in [0, 0.1) is 0 Å². The Hall–Kier alpha value is -1.45. The van der Waals surface area contributed by atoms with E-state index >= 15 is 0 Å². The lowest BCUT2D eigenvalue weighted by Gasteiger charge is -1.97. The van der Waals surface area contributed by atoms with Crippen molar-refractivity contribution in [2.75, 3.05) is 0 Å². The number of ketones is 1. The molecule has 4 heteroatoms. The Morgan fingerprint density at radius 1 is 1.67 bits per heavy atom. The summed E-state index contributed by atoms with van der Waals surface area (Å²) in [6, 6.07) is 0. The number of carbonyl (C=O) groups excluding carboxylic acids is 1. The maximum absolute atomic E-state index is 11.0. The van der Waals surface area contributed by atoms with Crippen LogP contribution in [0.5, 0.6) is 0 Å². The average Bonchev–Trinajstić information content (AvgIpc) is 2.53. The predicted molar refractivity (Wildman–Crippen MR) is 44.5 cm³/mol. The molecule has 1 aromatic rings. The van der Waals surface area contributed by atoms with E-state index in [1.165, 1.54) is 6.33 Å². The molecule has 0 fully saturated rings. The molecule has 0 bridgehead atoms. The van der Waals surface area contributed by atoms with Gasteiger partial charge >= 0.3 is 0 Å². The van der Waals surface area contributed by atoms with Gasteiger partial charge in [-0.25, -0.2) is 4.98 Å². The summed E-state index contributed by atoms with van der Waals surface area (Å²) in [5.41, 5.74) is 0. The Bertz CT molecular complexity index is 253. The van der Waals surface area contributed by atoms with Gasteiger partial charge in [-0.3, -0.25) is 9.48 Å². The highest BCUT2D eigenvalue weighted by Gasteiger charge is 1.99. The van der Waals surface area contributed by atoms with Crippen molar-refractivity contribution in [2.45, 2.75) is 19.4 Å². The maximum Gasteiger partial charge on any atom is 0.138 e. The second-order valence-corrected chi connectivity index (χ2v) is 2.44. The van der Waals surface area contributed by atoms with E-state index in [1.807, 2.05) is 0 Å². The van der Waals surface area contributed by atoms with E-state index in [0.29, 0.717) is 19.4 Å². The lowest BCUT2D eigenvalue weighted by molar-refractivity contribution is -0.118. The van der Waals surface area contributed by atoms with E-state index in [0.717, 1.165) is 0 Å². The molecule has 0 aromatic carbocycles. The fraction of sp³-hybridized carbons (Fsp3) is 0.375. The van der Waals surface area contributed by atoms with Gasteiger partial charge in [-0.1, -0.05) is 6.08 Å². The van der Waals surface area contributed by atoms with E-state index in [1.54, 1.807) is 17.1 Å². The zero-order valence-electron chi connectivity index (χ0n) is 6.81. The van der Waals surface area contributed by atoms with Gasteiger partial charge in [0.05, 0.1) is 0 Å². The summed E-state index contributed by atoms with van der Waals surface area (Å²) in [5, 5.41) is 3.88. The number of rotatable bonds is 5. The molecule has 64 valence electrons. The lowest BCUT2D eigenvalue weighted by atomic mass is 10.2. The summed E-state index contributed by atoms with van der Waals surface area (Å²) in [5.74, 6) is 0.181. The third kappa shape index (κ3) is 2.65. The van der Waals surface area contributed by atoms with Crippen LogP contribution in [-0.2, 0) is 11.3 Å². The molecule has 1 heterocycles. The van der Waals surface area contributed by atoms with Crippen LogP contribution in [0.1, 0.15) is 12.8 Å². The summed E-state index contributed by atoms with van der Waals surface area (Å²) in [4.78, 5) is 14.8. The summed E-state index contributed by atoms with van der Waals surface area (Å²) < 4.78 is 1.64. The first-order valence-corrected chi connectivity index (χ1v) is 3.78. The minimum absolute atomic E-state index is 0.181. The Balaban J connectivity index is 2.26. The minimum Gasteiger partial charge on any atom is -0.299 e. The molecule has 0 N–H and O–H groups in total. The molecule has 0 atom stereocenters. The normalized spacial score (nSPS) is 9.67. The van der Waals surface area contributed by atoms with Crippen LogP contribution < -0.4 is 0 Å². The van der Waals surface area contributed by atoms with Crippen molar-refractivity contribution in [1.29, 1.82) is 0 Å². The van der Waals surface area contributed by atoms with Gasteiger partial charge in [0.1, 0.15) is 18.4 Å². The van der Waals surface area contributed by atoms with Crippen molar-refractivity contribution in [3.05, 3.63) is 25.3 Å². The van der Waals surface area contributed by atoms with Crippen molar-refractivity contribution in [2.24, 2.45) is 0 Å². The topological polar surface area (TPSA) is 47.8 Å². The monoisotopic (exact) mass is 165 g/mol. The molecule has 0 radical (unpaired) electrons. The first-order chi connectivity index (χ1) is 5.83. The van der Waals surface area contributed by atoms with Gasteiger partial charge in [0, 0.05) is 19.4 Å². The first kappa shape index (κ1) is 8.64. The van der Waals surface area contributed by atoms with E-state index in [9.17, 15) is 4.79 Å². The number of hydrogen-bond acceptors (Lipinski definition) is 3. The number of carbonyl (C=O) groups is 1. The van der Waals surface area contributed by atoms with Crippen LogP contribution in [0.2, 0.25) is 0 Å². The van der Waals surface area contributed by atoms with Gasteiger partial charge < -0.3 is 0 Å². The molecule has 0 aliphatic carbocycles. The highest BCUT2D eigenvalue weighted by atomic mass is 16.1. The molecule has 0 aliphatic heterocycles. The second-order valence-electron chi connectivity index (χ2n) is 2.44. The van der Waals surface area contributed by atoms with E-state index < -0.39 is 0 Å². The number of hydrogen-bond donors (Lipinski definition) is 0. The number of aromatic nitrogens is 3. The number of Topliss-reactive ketones (excluding diaryl/α,β-unsaturated/α-hetero) is 1. The summed E-state index contributed by atoms with van der Waals surface area (Å²) in [6.07, 6.45) is 5.60. The molecule has 1 aromatic heterocycles. The van der Waals surface area contributed by atoms with E-state index in [-0.39, 0.29) is 5.78 Å². The van der Waals surface area contributed by atoms with Crippen LogP contribution in [0.15, 0.2) is 25.3 Å². The molecular formula is C8H11N3O. The zero-order valence-corrected chi connectivity index (χ0v) is 6.81. The molecule has 0 saturated heterocycles. The van der Waals surface area contributed by atoms with Gasteiger partial charge in [0.25, 0.3) is 0 Å². The Labute approximate surface area is 70.9 Å².